The zero-order chi connectivity index (χ0) is 14.0. The normalized spacial score (nSPS) is 28.2. The fourth-order valence-corrected chi connectivity index (χ4v) is 3.88. The number of urea groups is 1. The molecule has 3 heteroatoms. The van der Waals surface area contributed by atoms with Crippen molar-refractivity contribution in [2.75, 3.05) is 13.1 Å². The molecule has 1 aliphatic carbocycles. The smallest absolute Gasteiger partial charge is 0.318 e. The molecule has 2 aliphatic rings. The summed E-state index contributed by atoms with van der Waals surface area (Å²) in [7, 11) is 0. The Balaban J connectivity index is 1.89. The summed E-state index contributed by atoms with van der Waals surface area (Å²) in [6.45, 7) is 5.08. The van der Waals surface area contributed by atoms with Gasteiger partial charge in [-0.3, -0.25) is 0 Å². The van der Waals surface area contributed by atoms with Gasteiger partial charge < -0.3 is 10.2 Å². The molecule has 106 valence electrons. The molecule has 1 aliphatic heterocycles. The minimum atomic E-state index is -0.0647. The second-order valence-electron chi connectivity index (χ2n) is 5.82. The topological polar surface area (TPSA) is 32.3 Å². The van der Waals surface area contributed by atoms with Crippen LogP contribution in [0.15, 0.2) is 43.0 Å². The van der Waals surface area contributed by atoms with E-state index in [0.717, 1.165) is 13.0 Å². The highest BCUT2D eigenvalue weighted by Gasteiger charge is 2.56. The highest BCUT2D eigenvalue weighted by atomic mass is 16.2. The quantitative estimate of drug-likeness (QED) is 0.840. The third-order valence-electron chi connectivity index (χ3n) is 4.84. The lowest BCUT2D eigenvalue weighted by molar-refractivity contribution is -0.0791. The van der Waals surface area contributed by atoms with E-state index in [-0.39, 0.29) is 11.6 Å². The van der Waals surface area contributed by atoms with Crippen LogP contribution in [0.1, 0.15) is 31.2 Å². The van der Waals surface area contributed by atoms with Crippen LogP contribution < -0.4 is 5.32 Å². The third-order valence-corrected chi connectivity index (χ3v) is 4.84. The van der Waals surface area contributed by atoms with E-state index in [1.54, 1.807) is 6.08 Å². The molecule has 3 nitrogen and oxygen atoms in total. The van der Waals surface area contributed by atoms with Gasteiger partial charge in [-0.25, -0.2) is 4.79 Å². The Morgan fingerprint density at radius 1 is 1.40 bits per heavy atom. The van der Waals surface area contributed by atoms with E-state index in [9.17, 15) is 4.79 Å². The van der Waals surface area contributed by atoms with Gasteiger partial charge in [-0.1, -0.05) is 49.2 Å². The van der Waals surface area contributed by atoms with Crippen LogP contribution in [-0.4, -0.2) is 24.0 Å². The Hall–Kier alpha value is -1.77. The SMILES string of the molecule is C=CCNC(=O)N1C[C@H]2CCCC[C@]21c1ccccc1. The van der Waals surface area contributed by atoms with Crippen LogP contribution in [0, 0.1) is 5.92 Å². The number of likely N-dealkylation sites (tertiary alicyclic amines) is 1. The molecular weight excluding hydrogens is 248 g/mol. The van der Waals surface area contributed by atoms with E-state index in [0.29, 0.717) is 12.5 Å². The predicted octanol–water partition coefficient (Wildman–Crippen LogP) is 3.28. The van der Waals surface area contributed by atoms with E-state index >= 15 is 0 Å². The van der Waals surface area contributed by atoms with Gasteiger partial charge in [0, 0.05) is 19.0 Å². The number of fused-ring (bicyclic) bond motifs is 1. The number of hydrogen-bond acceptors (Lipinski definition) is 1. The van der Waals surface area contributed by atoms with Crippen LogP contribution in [0.4, 0.5) is 4.79 Å². The van der Waals surface area contributed by atoms with Crippen molar-refractivity contribution in [2.24, 2.45) is 5.92 Å². The van der Waals surface area contributed by atoms with Gasteiger partial charge in [0.15, 0.2) is 0 Å². The molecule has 1 heterocycles. The Kier molecular flexibility index (Phi) is 3.51. The summed E-state index contributed by atoms with van der Waals surface area (Å²) in [5.74, 6) is 0.619. The summed E-state index contributed by atoms with van der Waals surface area (Å²) in [5.41, 5.74) is 1.23. The van der Waals surface area contributed by atoms with Crippen molar-refractivity contribution >= 4 is 6.03 Å². The number of hydrogen-bond donors (Lipinski definition) is 1. The maximum atomic E-state index is 12.4. The fourth-order valence-electron chi connectivity index (χ4n) is 3.88. The third kappa shape index (κ3) is 1.92. The molecular formula is C17H22N2O. The molecule has 2 amide bonds. The number of nitrogens with one attached hydrogen (secondary N) is 1. The molecule has 0 unspecified atom stereocenters. The number of rotatable bonds is 3. The largest absolute Gasteiger partial charge is 0.335 e. The number of carbonyl (C=O) groups excluding carboxylic acids is 1. The van der Waals surface area contributed by atoms with Crippen LogP contribution in [0.25, 0.3) is 0 Å². The Labute approximate surface area is 120 Å². The van der Waals surface area contributed by atoms with Crippen LogP contribution in [0.2, 0.25) is 0 Å². The van der Waals surface area contributed by atoms with Crippen molar-refractivity contribution in [1.29, 1.82) is 0 Å². The molecule has 2 atom stereocenters. The number of amides is 2. The highest BCUT2D eigenvalue weighted by molar-refractivity contribution is 5.77. The zero-order valence-corrected chi connectivity index (χ0v) is 11.8. The first-order chi connectivity index (χ1) is 9.79. The molecule has 1 aromatic carbocycles. The molecule has 1 aromatic rings. The van der Waals surface area contributed by atoms with Crippen molar-refractivity contribution in [3.05, 3.63) is 48.6 Å². The molecule has 0 bridgehead atoms. The van der Waals surface area contributed by atoms with Gasteiger partial charge in [-0.2, -0.15) is 0 Å². The lowest BCUT2D eigenvalue weighted by Gasteiger charge is -2.61. The Morgan fingerprint density at radius 2 is 2.20 bits per heavy atom. The van der Waals surface area contributed by atoms with Crippen molar-refractivity contribution in [1.82, 2.24) is 10.2 Å². The number of carbonyl (C=O) groups is 1. The van der Waals surface area contributed by atoms with Crippen molar-refractivity contribution < 1.29 is 4.79 Å². The maximum absolute atomic E-state index is 12.4. The summed E-state index contributed by atoms with van der Waals surface area (Å²) >= 11 is 0. The minimum Gasteiger partial charge on any atom is -0.335 e. The minimum absolute atomic E-state index is 0.0481. The van der Waals surface area contributed by atoms with Crippen LogP contribution in [0.5, 0.6) is 0 Å². The van der Waals surface area contributed by atoms with E-state index in [2.05, 4.69) is 36.2 Å². The lowest BCUT2D eigenvalue weighted by Crippen LogP contribution is -2.69. The first kappa shape index (κ1) is 13.2. The highest BCUT2D eigenvalue weighted by Crippen LogP contribution is 2.53. The first-order valence-electron chi connectivity index (χ1n) is 7.51. The molecule has 1 saturated carbocycles. The molecule has 0 aromatic heterocycles. The van der Waals surface area contributed by atoms with Crippen LogP contribution in [0.3, 0.4) is 0 Å². The Bertz CT molecular complexity index is 499. The summed E-state index contributed by atoms with van der Waals surface area (Å²) in [5, 5.41) is 2.93. The summed E-state index contributed by atoms with van der Waals surface area (Å²) in [4.78, 5) is 14.4. The van der Waals surface area contributed by atoms with Gasteiger partial charge in [-0.15, -0.1) is 6.58 Å². The van der Waals surface area contributed by atoms with E-state index in [1.165, 1.54) is 24.8 Å². The average molecular weight is 270 g/mol. The molecule has 0 radical (unpaired) electrons. The van der Waals surface area contributed by atoms with Gasteiger partial charge in [0.1, 0.15) is 0 Å². The van der Waals surface area contributed by atoms with Crippen molar-refractivity contribution in [3.63, 3.8) is 0 Å². The molecule has 2 fully saturated rings. The maximum Gasteiger partial charge on any atom is 0.318 e. The van der Waals surface area contributed by atoms with Crippen molar-refractivity contribution in [3.8, 4) is 0 Å². The monoisotopic (exact) mass is 270 g/mol. The molecule has 3 rings (SSSR count). The average Bonchev–Trinajstić information content (AvgIpc) is 2.47. The van der Waals surface area contributed by atoms with E-state index < -0.39 is 0 Å². The number of nitrogens with zero attached hydrogens (tertiary/aromatic N) is 1. The molecule has 0 spiro atoms. The van der Waals surface area contributed by atoms with Crippen LogP contribution in [-0.2, 0) is 5.54 Å². The Morgan fingerprint density at radius 3 is 2.90 bits per heavy atom. The van der Waals surface area contributed by atoms with Gasteiger partial charge in [0.25, 0.3) is 0 Å². The van der Waals surface area contributed by atoms with Crippen molar-refractivity contribution in [2.45, 2.75) is 31.2 Å². The first-order valence-corrected chi connectivity index (χ1v) is 7.51. The van der Waals surface area contributed by atoms with Gasteiger partial charge >= 0.3 is 6.03 Å². The second-order valence-corrected chi connectivity index (χ2v) is 5.82. The fraction of sp³-hybridized carbons (Fsp3) is 0.471. The lowest BCUT2D eigenvalue weighted by atomic mass is 9.62. The predicted molar refractivity (Wildman–Crippen MR) is 80.4 cm³/mol. The molecule has 20 heavy (non-hydrogen) atoms. The molecule has 1 saturated heterocycles. The van der Waals surface area contributed by atoms with E-state index in [4.69, 9.17) is 0 Å². The van der Waals surface area contributed by atoms with Gasteiger partial charge in [-0.05, 0) is 18.4 Å². The summed E-state index contributed by atoms with van der Waals surface area (Å²) < 4.78 is 0. The van der Waals surface area contributed by atoms with Crippen LogP contribution >= 0.6 is 0 Å². The van der Waals surface area contributed by atoms with E-state index in [1.807, 2.05) is 11.0 Å². The zero-order valence-electron chi connectivity index (χ0n) is 11.8. The number of benzene rings is 1. The molecule has 1 N–H and O–H groups in total. The van der Waals surface area contributed by atoms with Gasteiger partial charge in [0.05, 0.1) is 5.54 Å². The summed E-state index contributed by atoms with van der Waals surface area (Å²) in [6, 6.07) is 10.6. The summed E-state index contributed by atoms with van der Waals surface area (Å²) in [6.07, 6.45) is 6.55. The van der Waals surface area contributed by atoms with Gasteiger partial charge in [0.2, 0.25) is 0 Å². The second kappa shape index (κ2) is 5.31. The standard InChI is InChI=1S/C17H22N2O/c1-2-12-18-16(20)19-13-15-10-6-7-11-17(15,19)14-8-4-3-5-9-14/h2-5,8-9,15H,1,6-7,10-13H2,(H,18,20)/t15-,17+/m1/s1.